The maximum atomic E-state index is 13.0. The van der Waals surface area contributed by atoms with Gasteiger partial charge in [0.25, 0.3) is 10.2 Å². The van der Waals surface area contributed by atoms with Crippen molar-refractivity contribution < 1.29 is 26.7 Å². The van der Waals surface area contributed by atoms with Gasteiger partial charge in [0.05, 0.1) is 5.25 Å². The van der Waals surface area contributed by atoms with E-state index in [0.717, 1.165) is 9.87 Å². The van der Waals surface area contributed by atoms with Crippen molar-refractivity contribution in [2.45, 2.75) is 50.3 Å². The lowest BCUT2D eigenvalue weighted by Gasteiger charge is -2.38. The predicted octanol–water partition coefficient (Wildman–Crippen LogP) is 1.39. The molecule has 2 heterocycles. The second-order valence-electron chi connectivity index (χ2n) is 7.58. The summed E-state index contributed by atoms with van der Waals surface area (Å²) >= 11 is 0. The van der Waals surface area contributed by atoms with Gasteiger partial charge >= 0.3 is 5.97 Å². The van der Waals surface area contributed by atoms with Gasteiger partial charge in [-0.3, -0.25) is 9.52 Å². The Labute approximate surface area is 171 Å². The molecule has 0 saturated carbocycles. The number of carboxylic acid groups (broad SMARTS) is 1. The standard InChI is InChI=1S/C18H27N3O6S2/c1-14-5-7-15(8-6-14)19-28(24,25)16-9-12-20(13-10-16)29(26,27)21-11-3-2-4-17(21)18(22)23/h5-8,16-17,19H,2-4,9-13H2,1H3,(H,22,23). The average Bonchev–Trinajstić information content (AvgIpc) is 2.69. The van der Waals surface area contributed by atoms with E-state index in [1.54, 1.807) is 12.1 Å². The molecule has 1 atom stereocenters. The smallest absolute Gasteiger partial charge is 0.322 e. The predicted molar refractivity (Wildman–Crippen MR) is 109 cm³/mol. The van der Waals surface area contributed by atoms with Crippen LogP contribution < -0.4 is 4.72 Å². The number of carbonyl (C=O) groups is 1. The highest BCUT2D eigenvalue weighted by molar-refractivity contribution is 7.93. The Balaban J connectivity index is 1.66. The second kappa shape index (κ2) is 8.58. The molecule has 0 bridgehead atoms. The molecule has 2 aliphatic rings. The van der Waals surface area contributed by atoms with Gasteiger partial charge in [-0.1, -0.05) is 17.7 Å². The van der Waals surface area contributed by atoms with Crippen LogP contribution in [0.3, 0.4) is 0 Å². The molecule has 2 N–H and O–H groups in total. The van der Waals surface area contributed by atoms with E-state index in [1.807, 2.05) is 19.1 Å². The number of rotatable bonds is 6. The summed E-state index contributed by atoms with van der Waals surface area (Å²) in [7, 11) is -7.59. The largest absolute Gasteiger partial charge is 0.480 e. The molecule has 1 aromatic rings. The van der Waals surface area contributed by atoms with Crippen LogP contribution in [0.1, 0.15) is 37.7 Å². The van der Waals surface area contributed by atoms with E-state index in [9.17, 15) is 26.7 Å². The summed E-state index contributed by atoms with van der Waals surface area (Å²) in [5.74, 6) is -1.15. The minimum atomic E-state index is -3.94. The van der Waals surface area contributed by atoms with Crippen molar-refractivity contribution in [3.63, 3.8) is 0 Å². The number of nitrogens with one attached hydrogen (secondary N) is 1. The van der Waals surface area contributed by atoms with Crippen LogP contribution in [0.5, 0.6) is 0 Å². The summed E-state index contributed by atoms with van der Waals surface area (Å²) in [6.07, 6.45) is 1.90. The van der Waals surface area contributed by atoms with Crippen molar-refractivity contribution in [3.05, 3.63) is 29.8 Å². The van der Waals surface area contributed by atoms with Crippen molar-refractivity contribution in [1.82, 2.24) is 8.61 Å². The SMILES string of the molecule is Cc1ccc(NS(=O)(=O)C2CCN(S(=O)(=O)N3CCCCC3C(=O)O)CC2)cc1. The van der Waals surface area contributed by atoms with Crippen molar-refractivity contribution in [2.24, 2.45) is 0 Å². The first-order chi connectivity index (χ1) is 13.6. The Bertz CT molecular complexity index is 938. The molecule has 0 aliphatic carbocycles. The Morgan fingerprint density at radius 3 is 2.21 bits per heavy atom. The molecule has 9 nitrogen and oxygen atoms in total. The molecule has 2 saturated heterocycles. The lowest BCUT2D eigenvalue weighted by Crippen LogP contribution is -2.55. The zero-order valence-electron chi connectivity index (χ0n) is 16.3. The molecule has 29 heavy (non-hydrogen) atoms. The summed E-state index contributed by atoms with van der Waals surface area (Å²) in [6, 6.07) is 5.94. The molecular weight excluding hydrogens is 418 g/mol. The van der Waals surface area contributed by atoms with Gasteiger partial charge in [0.15, 0.2) is 0 Å². The quantitative estimate of drug-likeness (QED) is 0.682. The zero-order valence-corrected chi connectivity index (χ0v) is 18.0. The van der Waals surface area contributed by atoms with Gasteiger partial charge < -0.3 is 5.11 Å². The minimum Gasteiger partial charge on any atom is -0.480 e. The number of anilines is 1. The highest BCUT2D eigenvalue weighted by Crippen LogP contribution is 2.27. The number of hydrogen-bond acceptors (Lipinski definition) is 5. The molecule has 11 heteroatoms. The number of sulfonamides is 1. The molecule has 0 spiro atoms. The highest BCUT2D eigenvalue weighted by atomic mass is 32.2. The summed E-state index contributed by atoms with van der Waals surface area (Å²) in [5.41, 5.74) is 1.49. The molecule has 2 fully saturated rings. The Morgan fingerprint density at radius 2 is 1.62 bits per heavy atom. The molecule has 1 unspecified atom stereocenters. The van der Waals surface area contributed by atoms with Crippen LogP contribution in [0, 0.1) is 6.92 Å². The van der Waals surface area contributed by atoms with Crippen molar-refractivity contribution in [1.29, 1.82) is 0 Å². The minimum absolute atomic E-state index is 0.0463. The van der Waals surface area contributed by atoms with Gasteiger partial charge in [-0.25, -0.2) is 8.42 Å². The highest BCUT2D eigenvalue weighted by Gasteiger charge is 2.42. The van der Waals surface area contributed by atoms with Crippen molar-refractivity contribution >= 4 is 31.9 Å². The van der Waals surface area contributed by atoms with E-state index in [-0.39, 0.29) is 32.5 Å². The molecule has 2 aliphatic heterocycles. The molecule has 3 rings (SSSR count). The van der Waals surface area contributed by atoms with Gasteiger partial charge in [0.2, 0.25) is 10.0 Å². The third kappa shape index (κ3) is 4.90. The fourth-order valence-electron chi connectivity index (χ4n) is 3.82. The van der Waals surface area contributed by atoms with E-state index in [4.69, 9.17) is 0 Å². The molecule has 0 amide bonds. The monoisotopic (exact) mass is 445 g/mol. The van der Waals surface area contributed by atoms with Gasteiger partial charge in [-0.2, -0.15) is 17.0 Å². The van der Waals surface area contributed by atoms with E-state index >= 15 is 0 Å². The lowest BCUT2D eigenvalue weighted by atomic mass is 10.1. The van der Waals surface area contributed by atoms with Crippen molar-refractivity contribution in [2.75, 3.05) is 24.4 Å². The first-order valence-corrected chi connectivity index (χ1v) is 12.6. The number of hydrogen-bond donors (Lipinski definition) is 2. The number of aliphatic carboxylic acids is 1. The second-order valence-corrected chi connectivity index (χ2v) is 11.4. The lowest BCUT2D eigenvalue weighted by molar-refractivity contribution is -0.142. The van der Waals surface area contributed by atoms with Crippen LogP contribution >= 0.6 is 0 Å². The van der Waals surface area contributed by atoms with Gasteiger partial charge in [-0.05, 0) is 51.2 Å². The summed E-state index contributed by atoms with van der Waals surface area (Å²) < 4.78 is 56.1. The average molecular weight is 446 g/mol. The van der Waals surface area contributed by atoms with E-state index in [0.29, 0.717) is 24.9 Å². The number of nitrogens with zero attached hydrogens (tertiary/aromatic N) is 2. The number of aryl methyl sites for hydroxylation is 1. The first-order valence-electron chi connectivity index (χ1n) is 9.69. The zero-order chi connectivity index (χ0) is 21.2. The topological polar surface area (TPSA) is 124 Å². The van der Waals surface area contributed by atoms with E-state index in [2.05, 4.69) is 4.72 Å². The van der Waals surface area contributed by atoms with Gasteiger partial charge in [0.1, 0.15) is 6.04 Å². The van der Waals surface area contributed by atoms with Crippen LogP contribution in [-0.2, 0) is 25.0 Å². The number of carboxylic acids is 1. The van der Waals surface area contributed by atoms with Crippen LogP contribution in [0.4, 0.5) is 5.69 Å². The van der Waals surface area contributed by atoms with Gasteiger partial charge in [0, 0.05) is 25.3 Å². The third-order valence-electron chi connectivity index (χ3n) is 5.51. The molecular formula is C18H27N3O6S2. The summed E-state index contributed by atoms with van der Waals surface area (Å²) in [5, 5.41) is 8.66. The Kier molecular flexibility index (Phi) is 6.51. The Hall–Kier alpha value is -1.69. The summed E-state index contributed by atoms with van der Waals surface area (Å²) in [4.78, 5) is 11.5. The van der Waals surface area contributed by atoms with Crippen LogP contribution in [0.25, 0.3) is 0 Å². The fraction of sp³-hybridized carbons (Fsp3) is 0.611. The number of benzene rings is 1. The third-order valence-corrected chi connectivity index (χ3v) is 9.43. The maximum Gasteiger partial charge on any atom is 0.322 e. The molecule has 0 radical (unpaired) electrons. The van der Waals surface area contributed by atoms with Crippen LogP contribution in [0.2, 0.25) is 0 Å². The molecule has 1 aromatic carbocycles. The van der Waals surface area contributed by atoms with Gasteiger partial charge in [-0.15, -0.1) is 0 Å². The van der Waals surface area contributed by atoms with Crippen molar-refractivity contribution in [3.8, 4) is 0 Å². The van der Waals surface area contributed by atoms with E-state index in [1.165, 1.54) is 4.31 Å². The maximum absolute atomic E-state index is 13.0. The van der Waals surface area contributed by atoms with E-state index < -0.39 is 37.5 Å². The number of piperidine rings is 2. The summed E-state index contributed by atoms with van der Waals surface area (Å²) in [6.45, 7) is 2.17. The Morgan fingerprint density at radius 1 is 1.00 bits per heavy atom. The van der Waals surface area contributed by atoms with Crippen LogP contribution in [-0.4, -0.2) is 67.4 Å². The molecule has 0 aromatic heterocycles. The molecule has 162 valence electrons. The van der Waals surface area contributed by atoms with Crippen LogP contribution in [0.15, 0.2) is 24.3 Å². The fourth-order valence-corrected chi connectivity index (χ4v) is 7.13. The normalized spacial score (nSPS) is 23.0. The first kappa shape index (κ1) is 22.0.